The van der Waals surface area contributed by atoms with Gasteiger partial charge in [-0.2, -0.15) is 0 Å². The molecule has 0 amide bonds. The molecule has 0 aliphatic rings. The fourth-order valence-corrected chi connectivity index (χ4v) is 1.79. The topological polar surface area (TPSA) is 69.1 Å². The Morgan fingerprint density at radius 1 is 1.05 bits per heavy atom. The first-order valence-corrected chi connectivity index (χ1v) is 5.72. The molecule has 0 N–H and O–H groups in total. The summed E-state index contributed by atoms with van der Waals surface area (Å²) in [5.74, 6) is 1.90. The summed E-state index contributed by atoms with van der Waals surface area (Å²) in [7, 11) is 0. The Bertz CT molecular complexity index is 728. The van der Waals surface area contributed by atoms with Crippen LogP contribution in [-0.4, -0.2) is 16.5 Å². The molecule has 0 aliphatic heterocycles. The fraction of sp³-hybridized carbons (Fsp3) is 0.0714. The Morgan fingerprint density at radius 2 is 1.89 bits per heavy atom. The summed E-state index contributed by atoms with van der Waals surface area (Å²) in [6, 6.07) is 10.9. The van der Waals surface area contributed by atoms with Gasteiger partial charge in [-0.05, 0) is 24.3 Å². The van der Waals surface area contributed by atoms with Crippen molar-refractivity contribution in [1.29, 1.82) is 0 Å². The highest BCUT2D eigenvalue weighted by molar-refractivity contribution is 5.73. The Morgan fingerprint density at radius 3 is 2.58 bits per heavy atom. The van der Waals surface area contributed by atoms with Gasteiger partial charge >= 0.3 is 0 Å². The zero-order valence-electron chi connectivity index (χ0n) is 10.2. The van der Waals surface area contributed by atoms with Crippen LogP contribution >= 0.6 is 0 Å². The smallest absolute Gasteiger partial charge is 0.247 e. The number of nitrogens with zero attached hydrogens (tertiary/aromatic N) is 2. The maximum Gasteiger partial charge on any atom is 0.247 e. The Kier molecular flexibility index (Phi) is 2.72. The first kappa shape index (κ1) is 11.4. The molecule has 3 aromatic rings. The van der Waals surface area contributed by atoms with E-state index in [0.29, 0.717) is 29.6 Å². The number of aromatic nitrogens is 2. The van der Waals surface area contributed by atoms with Crippen molar-refractivity contribution in [3.05, 3.63) is 48.0 Å². The summed E-state index contributed by atoms with van der Waals surface area (Å²) in [5, 5.41) is 7.77. The standard InChI is InChI=1S/C14H10N2O3/c1-9-15-16-14(18-9)11-4-2-3-10(7-11)13-6-5-12(8-17)19-13/h2-8H,1H3. The van der Waals surface area contributed by atoms with Crippen LogP contribution in [0.3, 0.4) is 0 Å². The van der Waals surface area contributed by atoms with Crippen molar-refractivity contribution in [3.63, 3.8) is 0 Å². The van der Waals surface area contributed by atoms with Crippen LogP contribution in [0.2, 0.25) is 0 Å². The molecule has 0 saturated heterocycles. The van der Waals surface area contributed by atoms with Gasteiger partial charge in [0.15, 0.2) is 12.0 Å². The second-order valence-electron chi connectivity index (χ2n) is 4.03. The zero-order valence-corrected chi connectivity index (χ0v) is 10.2. The second kappa shape index (κ2) is 4.53. The van der Waals surface area contributed by atoms with Gasteiger partial charge in [-0.3, -0.25) is 4.79 Å². The highest BCUT2D eigenvalue weighted by Gasteiger charge is 2.09. The average molecular weight is 254 g/mol. The monoisotopic (exact) mass is 254 g/mol. The summed E-state index contributed by atoms with van der Waals surface area (Å²) in [5.41, 5.74) is 1.66. The van der Waals surface area contributed by atoms with Gasteiger partial charge in [0.1, 0.15) is 5.76 Å². The van der Waals surface area contributed by atoms with Crippen LogP contribution in [0.15, 0.2) is 45.2 Å². The van der Waals surface area contributed by atoms with E-state index >= 15 is 0 Å². The highest BCUT2D eigenvalue weighted by atomic mass is 16.4. The summed E-state index contributed by atoms with van der Waals surface area (Å²) in [4.78, 5) is 10.6. The summed E-state index contributed by atoms with van der Waals surface area (Å²) in [6.07, 6.45) is 0.675. The van der Waals surface area contributed by atoms with E-state index in [1.807, 2.05) is 24.3 Å². The predicted molar refractivity (Wildman–Crippen MR) is 67.6 cm³/mol. The molecular weight excluding hydrogens is 244 g/mol. The maximum absolute atomic E-state index is 10.6. The first-order chi connectivity index (χ1) is 9.26. The molecule has 0 aliphatic carbocycles. The molecule has 0 radical (unpaired) electrons. The second-order valence-corrected chi connectivity index (χ2v) is 4.03. The van der Waals surface area contributed by atoms with Crippen LogP contribution in [-0.2, 0) is 0 Å². The molecule has 19 heavy (non-hydrogen) atoms. The lowest BCUT2D eigenvalue weighted by molar-refractivity contribution is 0.110. The van der Waals surface area contributed by atoms with Gasteiger partial charge in [0.2, 0.25) is 11.8 Å². The molecule has 94 valence electrons. The lowest BCUT2D eigenvalue weighted by Crippen LogP contribution is -1.80. The number of carbonyl (C=O) groups excluding carboxylic acids is 1. The lowest BCUT2D eigenvalue weighted by atomic mass is 10.1. The zero-order chi connectivity index (χ0) is 13.2. The number of aryl methyl sites for hydroxylation is 1. The minimum Gasteiger partial charge on any atom is -0.453 e. The normalized spacial score (nSPS) is 10.6. The van der Waals surface area contributed by atoms with E-state index in [1.165, 1.54) is 0 Å². The van der Waals surface area contributed by atoms with Gasteiger partial charge in [0.05, 0.1) is 0 Å². The van der Waals surface area contributed by atoms with Crippen LogP contribution in [0.1, 0.15) is 16.4 Å². The van der Waals surface area contributed by atoms with E-state index in [4.69, 9.17) is 8.83 Å². The molecule has 3 rings (SSSR count). The summed E-state index contributed by atoms with van der Waals surface area (Å²) >= 11 is 0. The van der Waals surface area contributed by atoms with Gasteiger partial charge < -0.3 is 8.83 Å². The van der Waals surface area contributed by atoms with Crippen LogP contribution in [0.4, 0.5) is 0 Å². The molecular formula is C14H10N2O3. The molecule has 0 spiro atoms. The first-order valence-electron chi connectivity index (χ1n) is 5.72. The van der Waals surface area contributed by atoms with Crippen LogP contribution in [0.25, 0.3) is 22.8 Å². The lowest BCUT2D eigenvalue weighted by Gasteiger charge is -1.99. The summed E-state index contributed by atoms with van der Waals surface area (Å²) < 4.78 is 10.8. The van der Waals surface area contributed by atoms with Crippen molar-refractivity contribution in [2.24, 2.45) is 0 Å². The number of hydrogen-bond acceptors (Lipinski definition) is 5. The predicted octanol–water partition coefficient (Wildman–Crippen LogP) is 3.12. The molecule has 0 saturated carbocycles. The van der Waals surface area contributed by atoms with Gasteiger partial charge in [0, 0.05) is 18.1 Å². The third kappa shape index (κ3) is 2.18. The van der Waals surface area contributed by atoms with Crippen LogP contribution in [0, 0.1) is 6.92 Å². The summed E-state index contributed by atoms with van der Waals surface area (Å²) in [6.45, 7) is 1.74. The van der Waals surface area contributed by atoms with E-state index in [-0.39, 0.29) is 0 Å². The number of hydrogen-bond donors (Lipinski definition) is 0. The van der Waals surface area contributed by atoms with Gasteiger partial charge in [-0.1, -0.05) is 12.1 Å². The molecule has 1 aromatic carbocycles. The van der Waals surface area contributed by atoms with Crippen molar-refractivity contribution in [3.8, 4) is 22.8 Å². The fourth-order valence-electron chi connectivity index (χ4n) is 1.79. The third-order valence-corrected chi connectivity index (χ3v) is 2.66. The molecule has 2 aromatic heterocycles. The molecule has 5 nitrogen and oxygen atoms in total. The third-order valence-electron chi connectivity index (χ3n) is 2.66. The Labute approximate surface area is 108 Å². The van der Waals surface area contributed by atoms with E-state index in [0.717, 1.165) is 11.1 Å². The quantitative estimate of drug-likeness (QED) is 0.671. The molecule has 2 heterocycles. The number of carbonyl (C=O) groups is 1. The highest BCUT2D eigenvalue weighted by Crippen LogP contribution is 2.26. The maximum atomic E-state index is 10.6. The molecule has 5 heteroatoms. The molecule has 0 fully saturated rings. The minimum atomic E-state index is 0.300. The van der Waals surface area contributed by atoms with Crippen LogP contribution < -0.4 is 0 Å². The number of aldehydes is 1. The minimum absolute atomic E-state index is 0.300. The van der Waals surface area contributed by atoms with E-state index < -0.39 is 0 Å². The van der Waals surface area contributed by atoms with Crippen LogP contribution in [0.5, 0.6) is 0 Å². The van der Waals surface area contributed by atoms with E-state index in [9.17, 15) is 4.79 Å². The largest absolute Gasteiger partial charge is 0.453 e. The average Bonchev–Trinajstić information content (AvgIpc) is 3.07. The van der Waals surface area contributed by atoms with E-state index in [1.54, 1.807) is 19.1 Å². The van der Waals surface area contributed by atoms with Crippen molar-refractivity contribution >= 4 is 6.29 Å². The molecule has 0 unspecified atom stereocenters. The van der Waals surface area contributed by atoms with Crippen molar-refractivity contribution in [2.45, 2.75) is 6.92 Å². The Hall–Kier alpha value is -2.69. The Balaban J connectivity index is 2.02. The molecule has 0 atom stereocenters. The number of rotatable bonds is 3. The number of benzene rings is 1. The number of furan rings is 1. The van der Waals surface area contributed by atoms with Gasteiger partial charge in [-0.25, -0.2) is 0 Å². The van der Waals surface area contributed by atoms with Gasteiger partial charge in [-0.15, -0.1) is 10.2 Å². The SMILES string of the molecule is Cc1nnc(-c2cccc(-c3ccc(C=O)o3)c2)o1. The van der Waals surface area contributed by atoms with Crippen molar-refractivity contribution in [1.82, 2.24) is 10.2 Å². The van der Waals surface area contributed by atoms with E-state index in [2.05, 4.69) is 10.2 Å². The van der Waals surface area contributed by atoms with Gasteiger partial charge in [0.25, 0.3) is 0 Å². The van der Waals surface area contributed by atoms with Crippen molar-refractivity contribution in [2.75, 3.05) is 0 Å². The van der Waals surface area contributed by atoms with Crippen molar-refractivity contribution < 1.29 is 13.6 Å². The molecule has 0 bridgehead atoms.